The Balaban J connectivity index is 1.99. The second kappa shape index (κ2) is 6.60. The smallest absolute Gasteiger partial charge is 0.227 e. The molecular formula is C14H18Cl2N2O. The first-order valence-electron chi connectivity index (χ1n) is 6.47. The molecule has 104 valence electrons. The van der Waals surface area contributed by atoms with Crippen LogP contribution in [0.2, 0.25) is 10.0 Å². The molecule has 0 spiro atoms. The molecule has 1 aromatic rings. The lowest BCUT2D eigenvalue weighted by Crippen LogP contribution is -2.41. The number of halogens is 2. The van der Waals surface area contributed by atoms with Gasteiger partial charge in [-0.25, -0.2) is 0 Å². The summed E-state index contributed by atoms with van der Waals surface area (Å²) in [4.78, 5) is 14.0. The summed E-state index contributed by atoms with van der Waals surface area (Å²) in [6.45, 7) is 2.33. The molecule has 1 aliphatic rings. The number of amides is 1. The van der Waals surface area contributed by atoms with Gasteiger partial charge in [0.25, 0.3) is 0 Å². The van der Waals surface area contributed by atoms with Crippen molar-refractivity contribution in [2.45, 2.75) is 19.4 Å². The maximum absolute atomic E-state index is 12.3. The van der Waals surface area contributed by atoms with Crippen molar-refractivity contribution in [1.82, 2.24) is 10.2 Å². The lowest BCUT2D eigenvalue weighted by Gasteiger charge is -2.27. The van der Waals surface area contributed by atoms with Crippen molar-refractivity contribution in [2.75, 3.05) is 20.1 Å². The summed E-state index contributed by atoms with van der Waals surface area (Å²) in [5, 5.41) is 4.46. The SMILES string of the molecule is CN(Cc1cc(Cl)cc(Cl)c1)C(=O)[C@@H]1CCCNC1. The van der Waals surface area contributed by atoms with Gasteiger partial charge >= 0.3 is 0 Å². The third kappa shape index (κ3) is 4.10. The van der Waals surface area contributed by atoms with Crippen LogP contribution in [0.4, 0.5) is 0 Å². The molecule has 0 unspecified atom stereocenters. The third-order valence-corrected chi connectivity index (χ3v) is 3.80. The molecule has 0 radical (unpaired) electrons. The molecule has 5 heteroatoms. The molecule has 0 bridgehead atoms. The van der Waals surface area contributed by atoms with Crippen molar-refractivity contribution in [3.63, 3.8) is 0 Å². The molecule has 0 aliphatic carbocycles. The number of piperidine rings is 1. The van der Waals surface area contributed by atoms with E-state index in [0.29, 0.717) is 16.6 Å². The quantitative estimate of drug-likeness (QED) is 0.931. The first-order valence-corrected chi connectivity index (χ1v) is 7.22. The van der Waals surface area contributed by atoms with E-state index in [1.807, 2.05) is 19.2 Å². The summed E-state index contributed by atoms with van der Waals surface area (Å²) in [5.74, 6) is 0.275. The predicted octanol–water partition coefficient (Wildman–Crippen LogP) is 2.95. The minimum absolute atomic E-state index is 0.0911. The minimum Gasteiger partial charge on any atom is -0.341 e. The van der Waals surface area contributed by atoms with Gasteiger partial charge in [-0.3, -0.25) is 4.79 Å². The van der Waals surface area contributed by atoms with Crippen molar-refractivity contribution in [3.05, 3.63) is 33.8 Å². The fourth-order valence-corrected chi connectivity index (χ4v) is 3.00. The molecule has 19 heavy (non-hydrogen) atoms. The highest BCUT2D eigenvalue weighted by Gasteiger charge is 2.23. The number of rotatable bonds is 3. The van der Waals surface area contributed by atoms with Gasteiger partial charge in [-0.2, -0.15) is 0 Å². The predicted molar refractivity (Wildman–Crippen MR) is 78.5 cm³/mol. The number of nitrogens with zero attached hydrogens (tertiary/aromatic N) is 1. The zero-order valence-corrected chi connectivity index (χ0v) is 12.5. The number of benzene rings is 1. The maximum Gasteiger partial charge on any atom is 0.227 e. The molecular weight excluding hydrogens is 283 g/mol. The van der Waals surface area contributed by atoms with Crippen LogP contribution in [0.3, 0.4) is 0 Å². The van der Waals surface area contributed by atoms with Crippen molar-refractivity contribution < 1.29 is 4.79 Å². The Morgan fingerprint density at radius 2 is 2.05 bits per heavy atom. The highest BCUT2D eigenvalue weighted by Crippen LogP contribution is 2.21. The van der Waals surface area contributed by atoms with Crippen LogP contribution >= 0.6 is 23.2 Å². The van der Waals surface area contributed by atoms with E-state index in [1.165, 1.54) is 0 Å². The average molecular weight is 301 g/mol. The minimum atomic E-state index is 0.0911. The van der Waals surface area contributed by atoms with Gasteiger partial charge in [0.05, 0.1) is 5.92 Å². The Kier molecular flexibility index (Phi) is 5.08. The number of nitrogens with one attached hydrogen (secondary N) is 1. The summed E-state index contributed by atoms with van der Waals surface area (Å²) in [5.41, 5.74) is 0.956. The van der Waals surface area contributed by atoms with Crippen LogP contribution in [0.5, 0.6) is 0 Å². The van der Waals surface area contributed by atoms with Crippen molar-refractivity contribution in [2.24, 2.45) is 5.92 Å². The van der Waals surface area contributed by atoms with Crippen LogP contribution in [0.1, 0.15) is 18.4 Å². The molecule has 0 aromatic heterocycles. The average Bonchev–Trinajstić information content (AvgIpc) is 2.37. The summed E-state index contributed by atoms with van der Waals surface area (Å²) in [6.07, 6.45) is 2.03. The summed E-state index contributed by atoms with van der Waals surface area (Å²) in [6, 6.07) is 5.38. The first-order chi connectivity index (χ1) is 9.06. The van der Waals surface area contributed by atoms with E-state index in [1.54, 1.807) is 11.0 Å². The van der Waals surface area contributed by atoms with E-state index in [2.05, 4.69) is 5.32 Å². The molecule has 1 atom stereocenters. The van der Waals surface area contributed by atoms with Crippen LogP contribution in [-0.2, 0) is 11.3 Å². The van der Waals surface area contributed by atoms with Crippen molar-refractivity contribution in [1.29, 1.82) is 0 Å². The molecule has 0 saturated carbocycles. The highest BCUT2D eigenvalue weighted by atomic mass is 35.5. The van der Waals surface area contributed by atoms with E-state index in [9.17, 15) is 4.79 Å². The highest BCUT2D eigenvalue weighted by molar-refractivity contribution is 6.34. The monoisotopic (exact) mass is 300 g/mol. The van der Waals surface area contributed by atoms with Gasteiger partial charge in [-0.15, -0.1) is 0 Å². The molecule has 1 aromatic carbocycles. The van der Waals surface area contributed by atoms with Crippen LogP contribution in [0, 0.1) is 5.92 Å². The van der Waals surface area contributed by atoms with Gasteiger partial charge < -0.3 is 10.2 Å². The Hall–Kier alpha value is -0.770. The first kappa shape index (κ1) is 14.6. The van der Waals surface area contributed by atoms with Crippen LogP contribution in [0.15, 0.2) is 18.2 Å². The van der Waals surface area contributed by atoms with Gasteiger partial charge in [0.2, 0.25) is 5.91 Å². The maximum atomic E-state index is 12.3. The van der Waals surface area contributed by atoms with Gasteiger partial charge in [0.1, 0.15) is 0 Å². The summed E-state index contributed by atoms with van der Waals surface area (Å²) < 4.78 is 0. The number of carbonyl (C=O) groups excluding carboxylic acids is 1. The van der Waals surface area contributed by atoms with E-state index < -0.39 is 0 Å². The van der Waals surface area contributed by atoms with Crippen LogP contribution in [0.25, 0.3) is 0 Å². The zero-order valence-electron chi connectivity index (χ0n) is 11.0. The van der Waals surface area contributed by atoms with Gasteiger partial charge in [-0.1, -0.05) is 23.2 Å². The van der Waals surface area contributed by atoms with E-state index in [-0.39, 0.29) is 11.8 Å². The summed E-state index contributed by atoms with van der Waals surface area (Å²) in [7, 11) is 1.83. The molecule has 1 N–H and O–H groups in total. The standard InChI is InChI=1S/C14H18Cl2N2O/c1-18(14(19)11-3-2-4-17-8-11)9-10-5-12(15)7-13(16)6-10/h5-7,11,17H,2-4,8-9H2,1H3/t11-/m1/s1. The second-order valence-corrected chi connectivity index (χ2v) is 5.89. The fourth-order valence-electron chi connectivity index (χ4n) is 2.43. The number of hydrogen-bond donors (Lipinski definition) is 1. The topological polar surface area (TPSA) is 32.3 Å². The lowest BCUT2D eigenvalue weighted by atomic mass is 9.98. The normalized spacial score (nSPS) is 19.2. The largest absolute Gasteiger partial charge is 0.341 e. The molecule has 1 amide bonds. The lowest BCUT2D eigenvalue weighted by molar-refractivity contribution is -0.135. The van der Waals surface area contributed by atoms with Gasteiger partial charge in [0.15, 0.2) is 0 Å². The summed E-state index contributed by atoms with van der Waals surface area (Å²) >= 11 is 11.9. The van der Waals surface area contributed by atoms with Crippen molar-refractivity contribution in [3.8, 4) is 0 Å². The van der Waals surface area contributed by atoms with E-state index in [0.717, 1.165) is 31.5 Å². The van der Waals surface area contributed by atoms with E-state index in [4.69, 9.17) is 23.2 Å². The van der Waals surface area contributed by atoms with E-state index >= 15 is 0 Å². The van der Waals surface area contributed by atoms with Crippen LogP contribution < -0.4 is 5.32 Å². The molecule has 2 rings (SSSR count). The molecule has 1 saturated heterocycles. The Morgan fingerprint density at radius 1 is 1.37 bits per heavy atom. The zero-order chi connectivity index (χ0) is 13.8. The van der Waals surface area contributed by atoms with Crippen LogP contribution in [-0.4, -0.2) is 30.9 Å². The Bertz CT molecular complexity index is 439. The van der Waals surface area contributed by atoms with Gasteiger partial charge in [0, 0.05) is 30.2 Å². The molecule has 1 fully saturated rings. The molecule has 1 heterocycles. The Morgan fingerprint density at radius 3 is 2.63 bits per heavy atom. The van der Waals surface area contributed by atoms with Gasteiger partial charge in [-0.05, 0) is 43.1 Å². The third-order valence-electron chi connectivity index (χ3n) is 3.36. The molecule has 1 aliphatic heterocycles. The molecule has 3 nitrogen and oxygen atoms in total. The number of carbonyl (C=O) groups is 1. The Labute approximate surface area is 123 Å². The van der Waals surface area contributed by atoms with Crippen molar-refractivity contribution >= 4 is 29.1 Å². The fraction of sp³-hybridized carbons (Fsp3) is 0.500. The number of hydrogen-bond acceptors (Lipinski definition) is 2. The second-order valence-electron chi connectivity index (χ2n) is 5.02.